The summed E-state index contributed by atoms with van der Waals surface area (Å²) < 4.78 is 0. The van der Waals surface area contributed by atoms with Crippen molar-refractivity contribution >= 4 is 5.96 Å². The van der Waals surface area contributed by atoms with Crippen molar-refractivity contribution in [1.29, 1.82) is 0 Å². The molecule has 1 aromatic rings. The Balaban J connectivity index is 1.81. The quantitative estimate of drug-likeness (QED) is 0.617. The van der Waals surface area contributed by atoms with Crippen LogP contribution in [0.15, 0.2) is 29.3 Å². The summed E-state index contributed by atoms with van der Waals surface area (Å²) in [5, 5.41) is 3.14. The molecular formula is C19H33N5. The van der Waals surface area contributed by atoms with Crippen molar-refractivity contribution in [2.24, 2.45) is 16.6 Å². The van der Waals surface area contributed by atoms with Crippen LogP contribution in [0.2, 0.25) is 0 Å². The number of likely N-dealkylation sites (N-methyl/N-ethyl adjacent to an activating group) is 1. The molecule has 1 aliphatic rings. The number of nitrogens with zero attached hydrogens (tertiary/aromatic N) is 3. The molecule has 1 heterocycles. The predicted octanol–water partition coefficient (Wildman–Crippen LogP) is 1.88. The van der Waals surface area contributed by atoms with Crippen molar-refractivity contribution in [3.05, 3.63) is 35.4 Å². The number of guanidine groups is 1. The van der Waals surface area contributed by atoms with Gasteiger partial charge in [-0.3, -0.25) is 4.90 Å². The molecule has 0 radical (unpaired) electrons. The van der Waals surface area contributed by atoms with Gasteiger partial charge in [-0.2, -0.15) is 0 Å². The van der Waals surface area contributed by atoms with Gasteiger partial charge >= 0.3 is 0 Å². The van der Waals surface area contributed by atoms with Crippen molar-refractivity contribution in [3.8, 4) is 0 Å². The normalized spacial score (nSPS) is 17.9. The van der Waals surface area contributed by atoms with E-state index in [-0.39, 0.29) is 0 Å². The molecule has 1 fully saturated rings. The third-order valence-corrected chi connectivity index (χ3v) is 4.36. The van der Waals surface area contributed by atoms with Gasteiger partial charge in [-0.15, -0.1) is 0 Å². The summed E-state index contributed by atoms with van der Waals surface area (Å²) in [6, 6.07) is 8.77. The molecule has 0 bridgehead atoms. The molecule has 134 valence electrons. The fourth-order valence-corrected chi connectivity index (χ4v) is 2.81. The maximum Gasteiger partial charge on any atom is 0.188 e. The second-order valence-electron chi connectivity index (χ2n) is 7.23. The van der Waals surface area contributed by atoms with Gasteiger partial charge in [0, 0.05) is 26.2 Å². The van der Waals surface area contributed by atoms with Gasteiger partial charge in [0.15, 0.2) is 5.96 Å². The predicted molar refractivity (Wildman–Crippen MR) is 102 cm³/mol. The zero-order valence-corrected chi connectivity index (χ0v) is 15.5. The Kier molecular flexibility index (Phi) is 7.53. The molecule has 1 aromatic carbocycles. The highest BCUT2D eigenvalue weighted by Crippen LogP contribution is 2.10. The molecule has 24 heavy (non-hydrogen) atoms. The second kappa shape index (κ2) is 9.64. The molecule has 0 amide bonds. The van der Waals surface area contributed by atoms with E-state index >= 15 is 0 Å². The lowest BCUT2D eigenvalue weighted by molar-refractivity contribution is 0.269. The van der Waals surface area contributed by atoms with Crippen LogP contribution in [0.4, 0.5) is 0 Å². The van der Waals surface area contributed by atoms with E-state index in [2.05, 4.69) is 65.3 Å². The first-order valence-corrected chi connectivity index (χ1v) is 9.05. The molecule has 3 N–H and O–H groups in total. The molecule has 5 nitrogen and oxygen atoms in total. The van der Waals surface area contributed by atoms with Crippen LogP contribution >= 0.6 is 0 Å². The van der Waals surface area contributed by atoms with Crippen molar-refractivity contribution < 1.29 is 0 Å². The zero-order chi connectivity index (χ0) is 17.4. The van der Waals surface area contributed by atoms with Crippen molar-refractivity contribution in [3.63, 3.8) is 0 Å². The zero-order valence-electron chi connectivity index (χ0n) is 15.5. The van der Waals surface area contributed by atoms with Gasteiger partial charge in [-0.05, 0) is 43.6 Å². The van der Waals surface area contributed by atoms with Gasteiger partial charge < -0.3 is 16.0 Å². The Morgan fingerprint density at radius 3 is 2.54 bits per heavy atom. The Hall–Kier alpha value is -1.59. The number of benzene rings is 1. The lowest BCUT2D eigenvalue weighted by Crippen LogP contribution is -2.34. The fourth-order valence-electron chi connectivity index (χ4n) is 2.81. The molecule has 0 unspecified atom stereocenters. The van der Waals surface area contributed by atoms with Crippen LogP contribution in [0.1, 0.15) is 31.4 Å². The molecule has 1 saturated heterocycles. The highest BCUT2D eigenvalue weighted by atomic mass is 15.2. The topological polar surface area (TPSA) is 56.9 Å². The van der Waals surface area contributed by atoms with E-state index in [0.29, 0.717) is 18.4 Å². The van der Waals surface area contributed by atoms with Crippen molar-refractivity contribution in [2.75, 3.05) is 39.8 Å². The summed E-state index contributed by atoms with van der Waals surface area (Å²) in [4.78, 5) is 9.36. The Labute approximate surface area is 146 Å². The largest absolute Gasteiger partial charge is 0.370 e. The van der Waals surface area contributed by atoms with E-state index in [1.165, 1.54) is 30.6 Å². The van der Waals surface area contributed by atoms with Gasteiger partial charge in [0.1, 0.15) is 0 Å². The highest BCUT2D eigenvalue weighted by Gasteiger charge is 2.12. The molecule has 0 aliphatic carbocycles. The number of hydrogen-bond donors (Lipinski definition) is 2. The number of hydrogen-bond acceptors (Lipinski definition) is 3. The maximum atomic E-state index is 5.88. The molecular weight excluding hydrogens is 298 g/mol. The van der Waals surface area contributed by atoms with Gasteiger partial charge in [0.05, 0.1) is 6.54 Å². The Bertz CT molecular complexity index is 509. The third kappa shape index (κ3) is 6.89. The number of rotatable bonds is 6. The van der Waals surface area contributed by atoms with Crippen LogP contribution < -0.4 is 11.1 Å². The van der Waals surface area contributed by atoms with Crippen LogP contribution in [0.3, 0.4) is 0 Å². The first kappa shape index (κ1) is 18.7. The molecule has 1 aliphatic heterocycles. The summed E-state index contributed by atoms with van der Waals surface area (Å²) in [7, 11) is 2.21. The average Bonchev–Trinajstić information content (AvgIpc) is 2.77. The number of nitrogens with one attached hydrogen (secondary N) is 1. The molecule has 0 atom stereocenters. The van der Waals surface area contributed by atoms with E-state index in [1.807, 2.05) is 0 Å². The first-order valence-electron chi connectivity index (χ1n) is 9.05. The summed E-state index contributed by atoms with van der Waals surface area (Å²) in [6.07, 6.45) is 1.26. The van der Waals surface area contributed by atoms with Crippen molar-refractivity contribution in [2.45, 2.75) is 33.4 Å². The highest BCUT2D eigenvalue weighted by molar-refractivity contribution is 5.77. The van der Waals surface area contributed by atoms with E-state index in [9.17, 15) is 0 Å². The van der Waals surface area contributed by atoms with Crippen molar-refractivity contribution in [1.82, 2.24) is 15.1 Å². The molecule has 0 spiro atoms. The van der Waals surface area contributed by atoms with Gasteiger partial charge in [-0.25, -0.2) is 4.99 Å². The first-order chi connectivity index (χ1) is 11.5. The SMILES string of the molecule is CC(C)CNC(N)=NCc1ccc(CN2CCCN(C)CC2)cc1. The van der Waals surface area contributed by atoms with Crippen LogP contribution in [-0.2, 0) is 13.1 Å². The maximum absolute atomic E-state index is 5.88. The standard InChI is InChI=1S/C19H33N5/c1-16(2)13-21-19(20)22-14-17-5-7-18(8-6-17)15-24-10-4-9-23(3)11-12-24/h5-8,16H,4,9-15H2,1-3H3,(H3,20,21,22). The van der Waals surface area contributed by atoms with Crippen LogP contribution in [0, 0.1) is 5.92 Å². The van der Waals surface area contributed by atoms with Gasteiger partial charge in [-0.1, -0.05) is 38.1 Å². The fraction of sp³-hybridized carbons (Fsp3) is 0.632. The van der Waals surface area contributed by atoms with E-state index < -0.39 is 0 Å². The Morgan fingerprint density at radius 1 is 1.12 bits per heavy atom. The minimum atomic E-state index is 0.529. The van der Waals surface area contributed by atoms with Gasteiger partial charge in [0.25, 0.3) is 0 Å². The Morgan fingerprint density at radius 2 is 1.83 bits per heavy atom. The molecule has 5 heteroatoms. The summed E-state index contributed by atoms with van der Waals surface area (Å²) in [5.74, 6) is 1.10. The molecule has 2 rings (SSSR count). The second-order valence-corrected chi connectivity index (χ2v) is 7.23. The molecule has 0 aromatic heterocycles. The minimum absolute atomic E-state index is 0.529. The summed E-state index contributed by atoms with van der Waals surface area (Å²) >= 11 is 0. The minimum Gasteiger partial charge on any atom is -0.370 e. The monoisotopic (exact) mass is 331 g/mol. The lowest BCUT2D eigenvalue weighted by Gasteiger charge is -2.20. The smallest absolute Gasteiger partial charge is 0.188 e. The van der Waals surface area contributed by atoms with Crippen LogP contribution in [0.25, 0.3) is 0 Å². The van der Waals surface area contributed by atoms with Crippen LogP contribution in [-0.4, -0.2) is 55.5 Å². The van der Waals surface area contributed by atoms with E-state index in [4.69, 9.17) is 5.73 Å². The lowest BCUT2D eigenvalue weighted by atomic mass is 10.1. The molecule has 0 saturated carbocycles. The third-order valence-electron chi connectivity index (χ3n) is 4.36. The average molecular weight is 332 g/mol. The number of nitrogens with two attached hydrogens (primary N) is 1. The number of aliphatic imine (C=N–C) groups is 1. The summed E-state index contributed by atoms with van der Waals surface area (Å²) in [6.45, 7) is 11.5. The van der Waals surface area contributed by atoms with E-state index in [1.54, 1.807) is 0 Å². The van der Waals surface area contributed by atoms with Crippen LogP contribution in [0.5, 0.6) is 0 Å². The summed E-state index contributed by atoms with van der Waals surface area (Å²) in [5.41, 5.74) is 8.45. The van der Waals surface area contributed by atoms with E-state index in [0.717, 1.165) is 26.2 Å². The van der Waals surface area contributed by atoms with Gasteiger partial charge in [0.2, 0.25) is 0 Å².